The highest BCUT2D eigenvalue weighted by atomic mass is 16.5. The molecule has 1 saturated carbocycles. The normalized spacial score (nSPS) is 19.4. The Bertz CT molecular complexity index is 329. The second-order valence-corrected chi connectivity index (χ2v) is 5.01. The van der Waals surface area contributed by atoms with Crippen molar-refractivity contribution in [2.75, 3.05) is 13.2 Å². The van der Waals surface area contributed by atoms with E-state index >= 15 is 0 Å². The van der Waals surface area contributed by atoms with Gasteiger partial charge in [0.05, 0.1) is 6.61 Å². The molecule has 1 aliphatic rings. The summed E-state index contributed by atoms with van der Waals surface area (Å²) in [5.74, 6) is 2.49. The van der Waals surface area contributed by atoms with E-state index < -0.39 is 0 Å². The number of nitrogens with two attached hydrogens (primary N) is 1. The molecule has 3 nitrogen and oxygen atoms in total. The molecule has 0 aliphatic heterocycles. The third kappa shape index (κ3) is 3.58. The molecule has 1 unspecified atom stereocenters. The highest BCUT2D eigenvalue weighted by molar-refractivity contribution is 5.08. The average molecular weight is 237 g/mol. The predicted octanol–water partition coefficient (Wildman–Crippen LogP) is 3.18. The lowest BCUT2D eigenvalue weighted by atomic mass is 9.90. The Morgan fingerprint density at radius 3 is 2.71 bits per heavy atom. The van der Waals surface area contributed by atoms with E-state index in [9.17, 15) is 0 Å². The van der Waals surface area contributed by atoms with Gasteiger partial charge in [-0.25, -0.2) is 0 Å². The van der Waals surface area contributed by atoms with Gasteiger partial charge in [0.1, 0.15) is 17.6 Å². The molecular formula is C14H23NO2. The van der Waals surface area contributed by atoms with Gasteiger partial charge in [0, 0.05) is 6.54 Å². The van der Waals surface area contributed by atoms with Crippen molar-refractivity contribution < 1.29 is 9.15 Å². The minimum absolute atomic E-state index is 0.0781. The van der Waals surface area contributed by atoms with Crippen molar-refractivity contribution >= 4 is 0 Å². The highest BCUT2D eigenvalue weighted by Crippen LogP contribution is 2.26. The van der Waals surface area contributed by atoms with Crippen LogP contribution < -0.4 is 5.73 Å². The first-order chi connectivity index (χ1) is 8.29. The molecule has 0 spiro atoms. The molecule has 1 atom stereocenters. The quantitative estimate of drug-likeness (QED) is 0.855. The molecule has 1 heterocycles. The first kappa shape index (κ1) is 12.7. The topological polar surface area (TPSA) is 48.4 Å². The van der Waals surface area contributed by atoms with Crippen LogP contribution >= 0.6 is 0 Å². The first-order valence-electron chi connectivity index (χ1n) is 6.67. The number of furan rings is 1. The van der Waals surface area contributed by atoms with Crippen LogP contribution in [0.15, 0.2) is 16.5 Å². The summed E-state index contributed by atoms with van der Waals surface area (Å²) in [5, 5.41) is 0. The Balaban J connectivity index is 1.82. The van der Waals surface area contributed by atoms with E-state index in [0.29, 0.717) is 12.5 Å². The second kappa shape index (κ2) is 6.22. The van der Waals surface area contributed by atoms with Crippen molar-refractivity contribution in [1.82, 2.24) is 0 Å². The fourth-order valence-corrected chi connectivity index (χ4v) is 2.50. The van der Waals surface area contributed by atoms with Crippen LogP contribution in [0, 0.1) is 12.8 Å². The largest absolute Gasteiger partial charge is 0.464 e. The van der Waals surface area contributed by atoms with Crippen LogP contribution in [-0.2, 0) is 4.74 Å². The maximum absolute atomic E-state index is 5.91. The van der Waals surface area contributed by atoms with Crippen LogP contribution in [0.5, 0.6) is 0 Å². The first-order valence-corrected chi connectivity index (χ1v) is 6.67. The van der Waals surface area contributed by atoms with E-state index in [1.54, 1.807) is 0 Å². The Morgan fingerprint density at radius 2 is 2.12 bits per heavy atom. The SMILES string of the molecule is Cc1ccc(C(CN)OCC2CCCCC2)o1. The minimum Gasteiger partial charge on any atom is -0.464 e. The van der Waals surface area contributed by atoms with Gasteiger partial charge in [-0.1, -0.05) is 19.3 Å². The summed E-state index contributed by atoms with van der Waals surface area (Å²) in [6.45, 7) is 3.25. The molecule has 96 valence electrons. The number of aryl methyl sites for hydroxylation is 1. The lowest BCUT2D eigenvalue weighted by Crippen LogP contribution is -2.20. The highest BCUT2D eigenvalue weighted by Gasteiger charge is 2.18. The van der Waals surface area contributed by atoms with Crippen molar-refractivity contribution in [3.05, 3.63) is 23.7 Å². The molecule has 1 fully saturated rings. The molecule has 0 radical (unpaired) electrons. The van der Waals surface area contributed by atoms with Crippen LogP contribution in [0.25, 0.3) is 0 Å². The lowest BCUT2D eigenvalue weighted by Gasteiger charge is -2.23. The van der Waals surface area contributed by atoms with Crippen molar-refractivity contribution in [1.29, 1.82) is 0 Å². The van der Waals surface area contributed by atoms with Gasteiger partial charge < -0.3 is 14.9 Å². The lowest BCUT2D eigenvalue weighted by molar-refractivity contribution is 0.0127. The van der Waals surface area contributed by atoms with Crippen molar-refractivity contribution in [3.63, 3.8) is 0 Å². The fraction of sp³-hybridized carbons (Fsp3) is 0.714. The smallest absolute Gasteiger partial charge is 0.134 e. The van der Waals surface area contributed by atoms with E-state index in [2.05, 4.69) is 0 Å². The van der Waals surface area contributed by atoms with E-state index in [0.717, 1.165) is 18.1 Å². The second-order valence-electron chi connectivity index (χ2n) is 5.01. The van der Waals surface area contributed by atoms with Gasteiger partial charge >= 0.3 is 0 Å². The molecule has 0 bridgehead atoms. The van der Waals surface area contributed by atoms with Crippen LogP contribution in [-0.4, -0.2) is 13.2 Å². The molecule has 0 amide bonds. The van der Waals surface area contributed by atoms with Gasteiger partial charge in [-0.2, -0.15) is 0 Å². The van der Waals surface area contributed by atoms with Gasteiger partial charge in [-0.3, -0.25) is 0 Å². The number of rotatable bonds is 5. The molecule has 1 aliphatic carbocycles. The third-order valence-corrected chi connectivity index (χ3v) is 3.55. The van der Waals surface area contributed by atoms with Crippen LogP contribution in [0.2, 0.25) is 0 Å². The minimum atomic E-state index is -0.0781. The fourth-order valence-electron chi connectivity index (χ4n) is 2.50. The van der Waals surface area contributed by atoms with E-state index in [-0.39, 0.29) is 6.10 Å². The predicted molar refractivity (Wildman–Crippen MR) is 67.8 cm³/mol. The molecule has 1 aromatic rings. The Labute approximate surface area is 103 Å². The zero-order valence-electron chi connectivity index (χ0n) is 10.7. The van der Waals surface area contributed by atoms with Crippen molar-refractivity contribution in [2.24, 2.45) is 11.7 Å². The summed E-state index contributed by atoms with van der Waals surface area (Å²) in [6.07, 6.45) is 6.60. The van der Waals surface area contributed by atoms with Crippen LogP contribution in [0.3, 0.4) is 0 Å². The molecule has 2 rings (SSSR count). The zero-order valence-corrected chi connectivity index (χ0v) is 10.7. The maximum Gasteiger partial charge on any atom is 0.134 e. The zero-order chi connectivity index (χ0) is 12.1. The molecule has 1 aromatic heterocycles. The molecule has 0 saturated heterocycles. The monoisotopic (exact) mass is 237 g/mol. The summed E-state index contributed by atoms with van der Waals surface area (Å²) >= 11 is 0. The molecule has 17 heavy (non-hydrogen) atoms. The maximum atomic E-state index is 5.91. The van der Waals surface area contributed by atoms with Gasteiger partial charge in [-0.15, -0.1) is 0 Å². The summed E-state index contributed by atoms with van der Waals surface area (Å²) in [5.41, 5.74) is 5.74. The van der Waals surface area contributed by atoms with Gasteiger partial charge in [-0.05, 0) is 37.8 Å². The standard InChI is InChI=1S/C14H23NO2/c1-11-7-8-13(17-11)14(9-15)16-10-12-5-3-2-4-6-12/h7-8,12,14H,2-6,9-10,15H2,1H3. The van der Waals surface area contributed by atoms with E-state index in [1.165, 1.54) is 32.1 Å². The molecular weight excluding hydrogens is 214 g/mol. The van der Waals surface area contributed by atoms with Gasteiger partial charge in [0.25, 0.3) is 0 Å². The third-order valence-electron chi connectivity index (χ3n) is 3.55. The molecule has 2 N–H and O–H groups in total. The van der Waals surface area contributed by atoms with Crippen molar-refractivity contribution in [2.45, 2.75) is 45.1 Å². The summed E-state index contributed by atoms with van der Waals surface area (Å²) in [6, 6.07) is 3.93. The Morgan fingerprint density at radius 1 is 1.35 bits per heavy atom. The number of hydrogen-bond acceptors (Lipinski definition) is 3. The number of ether oxygens (including phenoxy) is 1. The van der Waals surface area contributed by atoms with Gasteiger partial charge in [0.2, 0.25) is 0 Å². The van der Waals surface area contributed by atoms with Crippen molar-refractivity contribution in [3.8, 4) is 0 Å². The molecule has 0 aromatic carbocycles. The molecule has 3 heteroatoms. The Hall–Kier alpha value is -0.800. The summed E-state index contributed by atoms with van der Waals surface area (Å²) < 4.78 is 11.5. The van der Waals surface area contributed by atoms with Crippen LogP contribution in [0.1, 0.15) is 49.7 Å². The van der Waals surface area contributed by atoms with Crippen LogP contribution in [0.4, 0.5) is 0 Å². The van der Waals surface area contributed by atoms with Gasteiger partial charge in [0.15, 0.2) is 0 Å². The summed E-state index contributed by atoms with van der Waals surface area (Å²) in [4.78, 5) is 0. The average Bonchev–Trinajstić information content (AvgIpc) is 2.78. The Kier molecular flexibility index (Phi) is 4.63. The van der Waals surface area contributed by atoms with E-state index in [4.69, 9.17) is 14.9 Å². The summed E-state index contributed by atoms with van der Waals surface area (Å²) in [7, 11) is 0. The van der Waals surface area contributed by atoms with E-state index in [1.807, 2.05) is 19.1 Å². The number of hydrogen-bond donors (Lipinski definition) is 1.